The summed E-state index contributed by atoms with van der Waals surface area (Å²) in [6, 6.07) is 0. The SMILES string of the molecule is CC(C)[C@@H]1CC[C@@H](C)C[C@H]1OC(=O)[C@H]1C=C[C@H](O)C[C@@H]1C(=O)O[C@@H]1C[C@H](C)CC[C@H]1C(C)C. The Kier molecular flexibility index (Phi) is 9.05. The van der Waals surface area contributed by atoms with E-state index in [0.717, 1.165) is 38.5 Å². The number of hydrogen-bond donors (Lipinski definition) is 1. The average Bonchev–Trinajstić information content (AvgIpc) is 2.73. The topological polar surface area (TPSA) is 72.8 Å². The molecule has 9 atom stereocenters. The second-order valence-corrected chi connectivity index (χ2v) is 11.9. The Morgan fingerprint density at radius 3 is 1.73 bits per heavy atom. The largest absolute Gasteiger partial charge is 0.462 e. The van der Waals surface area contributed by atoms with Crippen LogP contribution >= 0.6 is 0 Å². The number of carbonyl (C=O) groups is 2. The zero-order valence-electron chi connectivity index (χ0n) is 21.5. The Hall–Kier alpha value is -1.36. The van der Waals surface area contributed by atoms with Crippen molar-refractivity contribution in [2.45, 2.75) is 105 Å². The van der Waals surface area contributed by atoms with E-state index in [1.165, 1.54) is 0 Å². The predicted molar refractivity (Wildman–Crippen MR) is 129 cm³/mol. The van der Waals surface area contributed by atoms with E-state index in [4.69, 9.17) is 9.47 Å². The second-order valence-electron chi connectivity index (χ2n) is 11.9. The molecule has 0 aromatic carbocycles. The van der Waals surface area contributed by atoms with Gasteiger partial charge in [0, 0.05) is 0 Å². The van der Waals surface area contributed by atoms with Gasteiger partial charge in [0.1, 0.15) is 12.2 Å². The molecule has 0 radical (unpaired) electrons. The minimum absolute atomic E-state index is 0.109. The number of hydrogen-bond acceptors (Lipinski definition) is 5. The molecule has 0 amide bonds. The van der Waals surface area contributed by atoms with Crippen LogP contribution in [0.15, 0.2) is 12.2 Å². The molecule has 2 fully saturated rings. The van der Waals surface area contributed by atoms with Crippen molar-refractivity contribution in [1.29, 1.82) is 0 Å². The minimum Gasteiger partial charge on any atom is -0.462 e. The number of esters is 2. The lowest BCUT2D eigenvalue weighted by atomic mass is 9.75. The summed E-state index contributed by atoms with van der Waals surface area (Å²) in [6.45, 7) is 13.2. The van der Waals surface area contributed by atoms with Crippen LogP contribution in [0.1, 0.15) is 86.5 Å². The van der Waals surface area contributed by atoms with Crippen LogP contribution < -0.4 is 0 Å². The Labute approximate surface area is 200 Å². The van der Waals surface area contributed by atoms with Crippen molar-refractivity contribution in [2.75, 3.05) is 0 Å². The van der Waals surface area contributed by atoms with Crippen molar-refractivity contribution in [3.8, 4) is 0 Å². The zero-order valence-corrected chi connectivity index (χ0v) is 21.5. The molecule has 0 aromatic rings. The summed E-state index contributed by atoms with van der Waals surface area (Å²) in [7, 11) is 0. The molecule has 188 valence electrons. The van der Waals surface area contributed by atoms with Crippen LogP contribution in [0.25, 0.3) is 0 Å². The third-order valence-corrected chi connectivity index (χ3v) is 8.50. The third-order valence-electron chi connectivity index (χ3n) is 8.50. The predicted octanol–water partition coefficient (Wildman–Crippen LogP) is 5.55. The lowest BCUT2D eigenvalue weighted by Crippen LogP contribution is -2.43. The van der Waals surface area contributed by atoms with Crippen molar-refractivity contribution in [2.24, 2.45) is 47.3 Å². The summed E-state index contributed by atoms with van der Waals surface area (Å²) in [4.78, 5) is 26.7. The molecule has 0 aliphatic heterocycles. The van der Waals surface area contributed by atoms with Gasteiger partial charge in [0.05, 0.1) is 17.9 Å². The van der Waals surface area contributed by atoms with Gasteiger partial charge in [-0.3, -0.25) is 9.59 Å². The van der Waals surface area contributed by atoms with Crippen molar-refractivity contribution in [1.82, 2.24) is 0 Å². The molecule has 5 heteroatoms. The van der Waals surface area contributed by atoms with Crippen molar-refractivity contribution in [3.05, 3.63) is 12.2 Å². The molecule has 33 heavy (non-hydrogen) atoms. The number of aliphatic hydroxyl groups is 1. The van der Waals surface area contributed by atoms with Crippen LogP contribution in [-0.2, 0) is 19.1 Å². The first-order valence-corrected chi connectivity index (χ1v) is 13.3. The molecule has 0 aromatic heterocycles. The summed E-state index contributed by atoms with van der Waals surface area (Å²) in [5, 5.41) is 10.2. The summed E-state index contributed by atoms with van der Waals surface area (Å²) in [5.41, 5.74) is 0. The minimum atomic E-state index is -0.740. The number of rotatable bonds is 6. The van der Waals surface area contributed by atoms with Gasteiger partial charge in [0.15, 0.2) is 0 Å². The molecule has 2 saturated carbocycles. The van der Waals surface area contributed by atoms with Crippen molar-refractivity contribution >= 4 is 11.9 Å². The maximum atomic E-state index is 13.3. The fourth-order valence-electron chi connectivity index (χ4n) is 6.32. The molecular weight excluding hydrogens is 416 g/mol. The Bertz CT molecular complexity index is 698. The molecule has 1 N–H and O–H groups in total. The number of ether oxygens (including phenoxy) is 2. The van der Waals surface area contributed by atoms with Gasteiger partial charge in [-0.25, -0.2) is 0 Å². The van der Waals surface area contributed by atoms with Crippen LogP contribution in [0.3, 0.4) is 0 Å². The first-order chi connectivity index (χ1) is 15.6. The molecule has 0 spiro atoms. The van der Waals surface area contributed by atoms with Crippen LogP contribution in [0.5, 0.6) is 0 Å². The number of aliphatic hydroxyl groups excluding tert-OH is 1. The maximum absolute atomic E-state index is 13.3. The highest BCUT2D eigenvalue weighted by atomic mass is 16.6. The maximum Gasteiger partial charge on any atom is 0.313 e. The molecule has 0 unspecified atom stereocenters. The summed E-state index contributed by atoms with van der Waals surface area (Å²) in [5.74, 6) is 0.546. The monoisotopic (exact) mass is 462 g/mol. The quantitative estimate of drug-likeness (QED) is 0.414. The normalized spacial score (nSPS) is 39.5. The highest BCUT2D eigenvalue weighted by Crippen LogP contribution is 2.39. The van der Waals surface area contributed by atoms with Gasteiger partial charge in [0.25, 0.3) is 0 Å². The van der Waals surface area contributed by atoms with Crippen LogP contribution in [0.2, 0.25) is 0 Å². The van der Waals surface area contributed by atoms with E-state index in [2.05, 4.69) is 41.5 Å². The van der Waals surface area contributed by atoms with Gasteiger partial charge in [-0.2, -0.15) is 0 Å². The van der Waals surface area contributed by atoms with E-state index in [1.807, 2.05) is 0 Å². The van der Waals surface area contributed by atoms with Crippen molar-refractivity contribution < 1.29 is 24.2 Å². The van der Waals surface area contributed by atoms with E-state index < -0.39 is 17.9 Å². The Morgan fingerprint density at radius 1 is 0.758 bits per heavy atom. The molecule has 5 nitrogen and oxygen atoms in total. The number of carbonyl (C=O) groups excluding carboxylic acids is 2. The second kappa shape index (κ2) is 11.4. The van der Waals surface area contributed by atoms with E-state index in [1.54, 1.807) is 12.2 Å². The smallest absolute Gasteiger partial charge is 0.313 e. The van der Waals surface area contributed by atoms with Crippen LogP contribution in [-0.4, -0.2) is 35.4 Å². The highest BCUT2D eigenvalue weighted by molar-refractivity contribution is 5.84. The molecule has 3 aliphatic carbocycles. The van der Waals surface area contributed by atoms with E-state index >= 15 is 0 Å². The molecule has 3 rings (SSSR count). The van der Waals surface area contributed by atoms with Crippen LogP contribution in [0, 0.1) is 47.3 Å². The zero-order chi connectivity index (χ0) is 24.3. The first kappa shape index (κ1) is 26.2. The summed E-state index contributed by atoms with van der Waals surface area (Å²) >= 11 is 0. The summed E-state index contributed by atoms with van der Waals surface area (Å²) in [6.07, 6.45) is 8.72. The molecule has 0 heterocycles. The van der Waals surface area contributed by atoms with E-state index in [-0.39, 0.29) is 30.6 Å². The Morgan fingerprint density at radius 2 is 1.24 bits per heavy atom. The molecule has 0 bridgehead atoms. The van der Waals surface area contributed by atoms with Gasteiger partial charge in [-0.05, 0) is 67.6 Å². The fraction of sp³-hybridized carbons (Fsp3) is 0.857. The summed E-state index contributed by atoms with van der Waals surface area (Å²) < 4.78 is 12.2. The lowest BCUT2D eigenvalue weighted by Gasteiger charge is -2.39. The van der Waals surface area contributed by atoms with Crippen LogP contribution in [0.4, 0.5) is 0 Å². The van der Waals surface area contributed by atoms with Gasteiger partial charge < -0.3 is 14.6 Å². The van der Waals surface area contributed by atoms with Gasteiger partial charge in [-0.1, -0.05) is 66.5 Å². The first-order valence-electron chi connectivity index (χ1n) is 13.3. The van der Waals surface area contributed by atoms with Gasteiger partial charge >= 0.3 is 11.9 Å². The standard InChI is InChI=1S/C28H46O5/c1-16(2)21-10-7-18(5)13-25(21)32-27(30)23-12-9-20(29)15-24(23)28(31)33-26-14-19(6)8-11-22(26)17(3)4/h9,12,16-26,29H,7-8,10-11,13-15H2,1-6H3/t18-,19-,20+,21+,22+,23+,24+,25-,26-/m1/s1. The highest BCUT2D eigenvalue weighted by Gasteiger charge is 2.43. The van der Waals surface area contributed by atoms with E-state index in [0.29, 0.717) is 35.5 Å². The van der Waals surface area contributed by atoms with Gasteiger partial charge in [0.2, 0.25) is 0 Å². The average molecular weight is 463 g/mol. The third kappa shape index (κ3) is 6.61. The van der Waals surface area contributed by atoms with Gasteiger partial charge in [-0.15, -0.1) is 0 Å². The fourth-order valence-corrected chi connectivity index (χ4v) is 6.32. The molecule has 3 aliphatic rings. The van der Waals surface area contributed by atoms with Crippen molar-refractivity contribution in [3.63, 3.8) is 0 Å². The molecule has 0 saturated heterocycles. The lowest BCUT2D eigenvalue weighted by molar-refractivity contribution is -0.173. The van der Waals surface area contributed by atoms with E-state index in [9.17, 15) is 14.7 Å². The Balaban J connectivity index is 1.71. The molecular formula is C28H46O5.